The van der Waals surface area contributed by atoms with E-state index in [1.54, 1.807) is 36.3 Å². The first-order valence-corrected chi connectivity index (χ1v) is 8.92. The monoisotopic (exact) mass is 382 g/mol. The van der Waals surface area contributed by atoms with Gasteiger partial charge in [0.1, 0.15) is 11.3 Å². The van der Waals surface area contributed by atoms with Crippen LogP contribution in [0.5, 0.6) is 0 Å². The molecule has 1 saturated heterocycles. The maximum atomic E-state index is 13.7. The molecule has 1 aliphatic rings. The number of pyridine rings is 1. The average Bonchev–Trinajstić information content (AvgIpc) is 2.72. The fourth-order valence-electron chi connectivity index (χ4n) is 3.23. The lowest BCUT2D eigenvalue weighted by Gasteiger charge is -2.35. The van der Waals surface area contributed by atoms with Crippen molar-refractivity contribution in [1.82, 2.24) is 19.4 Å². The van der Waals surface area contributed by atoms with Gasteiger partial charge < -0.3 is 15.1 Å². The first-order chi connectivity index (χ1) is 13.5. The zero-order valence-electron chi connectivity index (χ0n) is 15.3. The maximum absolute atomic E-state index is 13.7. The fraction of sp³-hybridized carbons (Fsp3) is 0.263. The first-order valence-electron chi connectivity index (χ1n) is 8.92. The van der Waals surface area contributed by atoms with Crippen LogP contribution in [0, 0.1) is 5.82 Å². The molecule has 3 heterocycles. The van der Waals surface area contributed by atoms with Crippen LogP contribution in [0.2, 0.25) is 0 Å². The molecule has 0 unspecified atom stereocenters. The first kappa shape index (κ1) is 17.9. The summed E-state index contributed by atoms with van der Waals surface area (Å²) in [6.45, 7) is 1.71. The van der Waals surface area contributed by atoms with Crippen molar-refractivity contribution >= 4 is 28.7 Å². The van der Waals surface area contributed by atoms with E-state index in [2.05, 4.69) is 15.3 Å². The molecule has 2 amide bonds. The topological polar surface area (TPSA) is 83.4 Å². The number of aromatic nitrogens is 3. The van der Waals surface area contributed by atoms with Gasteiger partial charge in [-0.2, -0.15) is 0 Å². The zero-order chi connectivity index (χ0) is 19.7. The highest BCUT2D eigenvalue weighted by Crippen LogP contribution is 2.16. The van der Waals surface area contributed by atoms with Crippen molar-refractivity contribution in [3.8, 4) is 0 Å². The van der Waals surface area contributed by atoms with Gasteiger partial charge in [0, 0.05) is 39.4 Å². The Morgan fingerprint density at radius 2 is 1.86 bits per heavy atom. The Hall–Kier alpha value is -3.49. The number of nitrogens with zero attached hydrogens (tertiary/aromatic N) is 5. The molecule has 9 heteroatoms. The van der Waals surface area contributed by atoms with Gasteiger partial charge in [-0.3, -0.25) is 9.36 Å². The number of carbonyl (C=O) groups excluding carboxylic acids is 1. The molecule has 2 aromatic heterocycles. The number of amides is 2. The van der Waals surface area contributed by atoms with Crippen LogP contribution in [0.4, 0.5) is 20.7 Å². The van der Waals surface area contributed by atoms with Crippen molar-refractivity contribution in [2.24, 2.45) is 7.05 Å². The van der Waals surface area contributed by atoms with Crippen molar-refractivity contribution in [3.63, 3.8) is 0 Å². The number of anilines is 2. The molecule has 1 N–H and O–H groups in total. The summed E-state index contributed by atoms with van der Waals surface area (Å²) in [5.74, 6) is -0.135. The Morgan fingerprint density at radius 1 is 1.11 bits per heavy atom. The Morgan fingerprint density at radius 3 is 2.61 bits per heavy atom. The molecule has 0 radical (unpaired) electrons. The van der Waals surface area contributed by atoms with Gasteiger partial charge in [0.2, 0.25) is 0 Å². The number of hydrogen-bond donors (Lipinski definition) is 1. The van der Waals surface area contributed by atoms with Crippen molar-refractivity contribution in [3.05, 3.63) is 58.8 Å². The SMILES string of the molecule is Cn1c(=O)c(N2CCN(C(=O)Nc3ccccc3F)CC2)nc2cccnc21. The highest BCUT2D eigenvalue weighted by Gasteiger charge is 2.25. The summed E-state index contributed by atoms with van der Waals surface area (Å²) < 4.78 is 15.2. The Kier molecular flexibility index (Phi) is 4.64. The Labute approximate surface area is 160 Å². The van der Waals surface area contributed by atoms with Crippen LogP contribution in [0.15, 0.2) is 47.4 Å². The molecular weight excluding hydrogens is 363 g/mol. The molecule has 1 fully saturated rings. The van der Waals surface area contributed by atoms with Crippen LogP contribution >= 0.6 is 0 Å². The molecule has 0 spiro atoms. The molecule has 0 atom stereocenters. The molecule has 4 rings (SSSR count). The molecule has 28 heavy (non-hydrogen) atoms. The van der Waals surface area contributed by atoms with Crippen LogP contribution in [0.1, 0.15) is 0 Å². The zero-order valence-corrected chi connectivity index (χ0v) is 15.3. The lowest BCUT2D eigenvalue weighted by Crippen LogP contribution is -2.51. The van der Waals surface area contributed by atoms with E-state index in [-0.39, 0.29) is 17.3 Å². The number of rotatable bonds is 2. The van der Waals surface area contributed by atoms with E-state index >= 15 is 0 Å². The molecule has 0 bridgehead atoms. The predicted molar refractivity (Wildman–Crippen MR) is 104 cm³/mol. The van der Waals surface area contributed by atoms with Gasteiger partial charge in [-0.05, 0) is 24.3 Å². The minimum atomic E-state index is -0.480. The summed E-state index contributed by atoms with van der Waals surface area (Å²) in [6, 6.07) is 9.25. The van der Waals surface area contributed by atoms with E-state index < -0.39 is 5.82 Å². The second-order valence-electron chi connectivity index (χ2n) is 6.53. The van der Waals surface area contributed by atoms with Crippen LogP contribution in [0.25, 0.3) is 11.2 Å². The smallest absolute Gasteiger partial charge is 0.322 e. The third kappa shape index (κ3) is 3.26. The van der Waals surface area contributed by atoms with Crippen LogP contribution in [0.3, 0.4) is 0 Å². The summed E-state index contributed by atoms with van der Waals surface area (Å²) in [7, 11) is 1.67. The molecule has 1 aliphatic heterocycles. The van der Waals surface area contributed by atoms with E-state index in [9.17, 15) is 14.0 Å². The number of hydrogen-bond acceptors (Lipinski definition) is 5. The molecule has 144 valence electrons. The van der Waals surface area contributed by atoms with E-state index in [0.717, 1.165) is 0 Å². The van der Waals surface area contributed by atoms with E-state index in [1.807, 2.05) is 11.0 Å². The Bertz CT molecular complexity index is 1090. The molecule has 0 aliphatic carbocycles. The number of benzene rings is 1. The number of urea groups is 1. The van der Waals surface area contributed by atoms with Crippen molar-refractivity contribution in [1.29, 1.82) is 0 Å². The standard InChI is InChI=1S/C19H19FN6O2/c1-24-16-15(7-4-8-21-16)22-17(18(24)27)25-9-11-26(12-10-25)19(28)23-14-6-3-2-5-13(14)20/h2-8H,9-12H2,1H3,(H,23,28). The van der Waals surface area contributed by atoms with E-state index in [4.69, 9.17) is 0 Å². The van der Waals surface area contributed by atoms with Crippen molar-refractivity contribution < 1.29 is 9.18 Å². The van der Waals surface area contributed by atoms with Gasteiger partial charge in [-0.25, -0.2) is 19.2 Å². The van der Waals surface area contributed by atoms with E-state index in [1.165, 1.54) is 16.7 Å². The minimum Gasteiger partial charge on any atom is -0.348 e. The summed E-state index contributed by atoms with van der Waals surface area (Å²) >= 11 is 0. The van der Waals surface area contributed by atoms with Gasteiger partial charge in [0.25, 0.3) is 5.56 Å². The normalized spacial score (nSPS) is 14.4. The molecule has 3 aromatic rings. The fourth-order valence-corrected chi connectivity index (χ4v) is 3.23. The highest BCUT2D eigenvalue weighted by molar-refractivity contribution is 5.89. The predicted octanol–water partition coefficient (Wildman–Crippen LogP) is 1.82. The number of aryl methyl sites for hydroxylation is 1. The lowest BCUT2D eigenvalue weighted by atomic mass is 10.3. The minimum absolute atomic E-state index is 0.146. The summed E-state index contributed by atoms with van der Waals surface area (Å²) in [5.41, 5.74) is 1.08. The highest BCUT2D eigenvalue weighted by atomic mass is 19.1. The summed E-state index contributed by atoms with van der Waals surface area (Å²) in [6.07, 6.45) is 1.62. The van der Waals surface area contributed by atoms with Gasteiger partial charge >= 0.3 is 6.03 Å². The summed E-state index contributed by atoms with van der Waals surface area (Å²) in [4.78, 5) is 37.2. The van der Waals surface area contributed by atoms with Gasteiger partial charge in [0.15, 0.2) is 11.5 Å². The Balaban J connectivity index is 1.48. The molecule has 8 nitrogen and oxygen atoms in total. The number of halogens is 1. The average molecular weight is 382 g/mol. The largest absolute Gasteiger partial charge is 0.348 e. The number of fused-ring (bicyclic) bond motifs is 1. The lowest BCUT2D eigenvalue weighted by molar-refractivity contribution is 0.208. The van der Waals surface area contributed by atoms with Crippen LogP contribution in [-0.2, 0) is 7.05 Å². The third-order valence-corrected chi connectivity index (χ3v) is 4.79. The number of piperazine rings is 1. The second kappa shape index (κ2) is 7.26. The third-order valence-electron chi connectivity index (χ3n) is 4.79. The molecule has 0 saturated carbocycles. The van der Waals surface area contributed by atoms with Gasteiger partial charge in [-0.1, -0.05) is 12.1 Å². The number of para-hydroxylation sites is 1. The second-order valence-corrected chi connectivity index (χ2v) is 6.53. The van der Waals surface area contributed by atoms with Gasteiger partial charge in [-0.15, -0.1) is 0 Å². The number of nitrogens with one attached hydrogen (secondary N) is 1. The molecule has 1 aromatic carbocycles. The van der Waals surface area contributed by atoms with E-state index in [0.29, 0.717) is 43.2 Å². The van der Waals surface area contributed by atoms with Crippen molar-refractivity contribution in [2.45, 2.75) is 0 Å². The molecular formula is C19H19FN6O2. The van der Waals surface area contributed by atoms with Gasteiger partial charge in [0.05, 0.1) is 5.69 Å². The number of carbonyl (C=O) groups is 1. The van der Waals surface area contributed by atoms with Crippen molar-refractivity contribution in [2.75, 3.05) is 36.4 Å². The van der Waals surface area contributed by atoms with Crippen LogP contribution < -0.4 is 15.8 Å². The quantitative estimate of drug-likeness (QED) is 0.731. The maximum Gasteiger partial charge on any atom is 0.322 e. The van der Waals surface area contributed by atoms with Crippen LogP contribution in [-0.4, -0.2) is 51.6 Å². The summed E-state index contributed by atoms with van der Waals surface area (Å²) in [5, 5.41) is 2.58.